The molecular weight excluding hydrogens is 312 g/mol. The highest BCUT2D eigenvalue weighted by molar-refractivity contribution is 7.13. The third-order valence-corrected chi connectivity index (χ3v) is 3.88. The summed E-state index contributed by atoms with van der Waals surface area (Å²) < 4.78 is 0. The second kappa shape index (κ2) is 7.35. The number of hydrogen-bond acceptors (Lipinski definition) is 6. The molecule has 0 saturated heterocycles. The number of likely N-dealkylation sites (N-methyl/N-ethyl adjacent to an activating group) is 1. The van der Waals surface area contributed by atoms with Gasteiger partial charge in [0.25, 0.3) is 5.69 Å². The molecule has 0 fully saturated rings. The molecule has 1 aromatic carbocycles. The second-order valence-electron chi connectivity index (χ2n) is 4.29. The monoisotopic (exact) mass is 326 g/mol. The minimum absolute atomic E-state index is 0.0315. The number of non-ortho nitro benzene ring substituents is 1. The summed E-state index contributed by atoms with van der Waals surface area (Å²) in [6.45, 7) is 3.89. The van der Waals surface area contributed by atoms with Crippen LogP contribution < -0.4 is 10.6 Å². The number of benzene rings is 1. The zero-order valence-corrected chi connectivity index (χ0v) is 13.0. The van der Waals surface area contributed by atoms with E-state index in [0.29, 0.717) is 10.7 Å². The fourth-order valence-electron chi connectivity index (χ4n) is 1.71. The van der Waals surface area contributed by atoms with Crippen molar-refractivity contribution < 1.29 is 4.92 Å². The molecule has 21 heavy (non-hydrogen) atoms. The Labute approximate surface area is 131 Å². The molecule has 0 amide bonds. The first-order valence-electron chi connectivity index (χ1n) is 6.46. The minimum Gasteiger partial charge on any atom is -0.330 e. The Morgan fingerprint density at radius 2 is 2.29 bits per heavy atom. The lowest BCUT2D eigenvalue weighted by molar-refractivity contribution is -0.384. The molecule has 112 valence electrons. The van der Waals surface area contributed by atoms with Crippen molar-refractivity contribution in [3.63, 3.8) is 0 Å². The van der Waals surface area contributed by atoms with Crippen molar-refractivity contribution >= 4 is 39.4 Å². The summed E-state index contributed by atoms with van der Waals surface area (Å²) in [5.74, 6) is 0. The SMILES string of the molecule is CCNCCc1csc(Nc2ccc([N+](=O)[O-])cc2Cl)n1. The van der Waals surface area contributed by atoms with Crippen LogP contribution in [0.3, 0.4) is 0 Å². The average molecular weight is 327 g/mol. The van der Waals surface area contributed by atoms with Gasteiger partial charge >= 0.3 is 0 Å². The van der Waals surface area contributed by atoms with E-state index in [0.717, 1.165) is 30.3 Å². The van der Waals surface area contributed by atoms with Gasteiger partial charge in [0.2, 0.25) is 0 Å². The van der Waals surface area contributed by atoms with Gasteiger partial charge in [-0.15, -0.1) is 11.3 Å². The minimum atomic E-state index is -0.474. The maximum Gasteiger partial charge on any atom is 0.271 e. The molecular formula is C13H15ClN4O2S. The van der Waals surface area contributed by atoms with Crippen LogP contribution in [0.4, 0.5) is 16.5 Å². The highest BCUT2D eigenvalue weighted by Gasteiger charge is 2.10. The maximum absolute atomic E-state index is 10.7. The zero-order chi connectivity index (χ0) is 15.2. The summed E-state index contributed by atoms with van der Waals surface area (Å²) >= 11 is 7.51. The first kappa shape index (κ1) is 15.7. The molecule has 0 unspecified atom stereocenters. The van der Waals surface area contributed by atoms with Crippen molar-refractivity contribution in [3.05, 3.63) is 44.4 Å². The van der Waals surface area contributed by atoms with Gasteiger partial charge < -0.3 is 10.6 Å². The lowest BCUT2D eigenvalue weighted by atomic mass is 10.3. The van der Waals surface area contributed by atoms with Crippen LogP contribution in [0.25, 0.3) is 0 Å². The fourth-order valence-corrected chi connectivity index (χ4v) is 2.69. The van der Waals surface area contributed by atoms with E-state index in [1.165, 1.54) is 23.5 Å². The van der Waals surface area contributed by atoms with Crippen LogP contribution in [0.1, 0.15) is 12.6 Å². The maximum atomic E-state index is 10.7. The summed E-state index contributed by atoms with van der Waals surface area (Å²) in [5, 5.41) is 20.0. The lowest BCUT2D eigenvalue weighted by Gasteiger charge is -2.04. The fraction of sp³-hybridized carbons (Fsp3) is 0.308. The summed E-state index contributed by atoms with van der Waals surface area (Å²) in [7, 11) is 0. The van der Waals surface area contributed by atoms with Crippen LogP contribution in [0.2, 0.25) is 5.02 Å². The average Bonchev–Trinajstić information content (AvgIpc) is 2.89. The lowest BCUT2D eigenvalue weighted by Crippen LogP contribution is -2.16. The highest BCUT2D eigenvalue weighted by Crippen LogP contribution is 2.30. The number of nitrogens with one attached hydrogen (secondary N) is 2. The topological polar surface area (TPSA) is 80.1 Å². The van der Waals surface area contributed by atoms with Crippen molar-refractivity contribution in [2.24, 2.45) is 0 Å². The van der Waals surface area contributed by atoms with Gasteiger partial charge in [-0.2, -0.15) is 0 Å². The molecule has 8 heteroatoms. The van der Waals surface area contributed by atoms with Crippen LogP contribution in [-0.2, 0) is 6.42 Å². The predicted molar refractivity (Wildman–Crippen MR) is 85.8 cm³/mol. The van der Waals surface area contributed by atoms with Crippen molar-refractivity contribution in [2.75, 3.05) is 18.4 Å². The Kier molecular flexibility index (Phi) is 5.49. The third-order valence-electron chi connectivity index (χ3n) is 2.76. The standard InChI is InChI=1S/C13H15ClN4O2S/c1-2-15-6-5-9-8-21-13(16-9)17-12-4-3-10(18(19)20)7-11(12)14/h3-4,7-8,15H,2,5-6H2,1H3,(H,16,17). The molecule has 1 aromatic heterocycles. The van der Waals surface area contributed by atoms with Gasteiger partial charge in [0, 0.05) is 30.5 Å². The summed E-state index contributed by atoms with van der Waals surface area (Å²) in [5.41, 5.74) is 1.58. The molecule has 2 aromatic rings. The Morgan fingerprint density at radius 1 is 1.48 bits per heavy atom. The molecule has 0 spiro atoms. The number of aromatic nitrogens is 1. The number of nitro benzene ring substituents is 1. The number of rotatable bonds is 7. The van der Waals surface area contributed by atoms with Crippen molar-refractivity contribution in [3.8, 4) is 0 Å². The molecule has 6 nitrogen and oxygen atoms in total. The Bertz CT molecular complexity index is 632. The van der Waals surface area contributed by atoms with E-state index in [1.54, 1.807) is 6.07 Å². The number of nitro groups is 1. The zero-order valence-electron chi connectivity index (χ0n) is 11.4. The third kappa shape index (κ3) is 4.38. The van der Waals surface area contributed by atoms with E-state index in [9.17, 15) is 10.1 Å². The van der Waals surface area contributed by atoms with Crippen LogP contribution in [-0.4, -0.2) is 23.0 Å². The normalized spacial score (nSPS) is 10.6. The van der Waals surface area contributed by atoms with Crippen molar-refractivity contribution in [1.29, 1.82) is 0 Å². The first-order valence-corrected chi connectivity index (χ1v) is 7.72. The molecule has 0 aliphatic carbocycles. The molecule has 0 bridgehead atoms. The smallest absolute Gasteiger partial charge is 0.271 e. The number of halogens is 1. The Hall–Kier alpha value is -1.70. The number of thiazole rings is 1. The molecule has 0 atom stereocenters. The van der Waals surface area contributed by atoms with E-state index >= 15 is 0 Å². The van der Waals surface area contributed by atoms with Crippen molar-refractivity contribution in [2.45, 2.75) is 13.3 Å². The predicted octanol–water partition coefficient (Wildman–Crippen LogP) is 3.60. The number of anilines is 2. The van der Waals surface area contributed by atoms with Crippen LogP contribution in [0.15, 0.2) is 23.6 Å². The Balaban J connectivity index is 2.03. The van der Waals surface area contributed by atoms with Gasteiger partial charge in [-0.05, 0) is 12.6 Å². The number of nitrogens with zero attached hydrogens (tertiary/aromatic N) is 2. The van der Waals surface area contributed by atoms with Gasteiger partial charge in [-0.3, -0.25) is 10.1 Å². The van der Waals surface area contributed by atoms with E-state index < -0.39 is 4.92 Å². The van der Waals surface area contributed by atoms with E-state index in [-0.39, 0.29) is 5.69 Å². The Morgan fingerprint density at radius 3 is 2.95 bits per heavy atom. The van der Waals surface area contributed by atoms with Gasteiger partial charge in [0.1, 0.15) is 0 Å². The number of hydrogen-bond donors (Lipinski definition) is 2. The first-order chi connectivity index (χ1) is 10.1. The highest BCUT2D eigenvalue weighted by atomic mass is 35.5. The summed E-state index contributed by atoms with van der Waals surface area (Å²) in [6.07, 6.45) is 0.861. The summed E-state index contributed by atoms with van der Waals surface area (Å²) in [6, 6.07) is 4.32. The van der Waals surface area contributed by atoms with E-state index in [2.05, 4.69) is 22.5 Å². The van der Waals surface area contributed by atoms with Gasteiger partial charge in [0.05, 0.1) is 21.3 Å². The molecule has 1 heterocycles. The van der Waals surface area contributed by atoms with E-state index in [1.807, 2.05) is 5.38 Å². The molecule has 0 saturated carbocycles. The van der Waals surface area contributed by atoms with Crippen LogP contribution >= 0.6 is 22.9 Å². The van der Waals surface area contributed by atoms with Crippen LogP contribution in [0, 0.1) is 10.1 Å². The largest absolute Gasteiger partial charge is 0.330 e. The van der Waals surface area contributed by atoms with Crippen LogP contribution in [0.5, 0.6) is 0 Å². The molecule has 0 radical (unpaired) electrons. The second-order valence-corrected chi connectivity index (χ2v) is 5.56. The quantitative estimate of drug-likeness (QED) is 0.461. The van der Waals surface area contributed by atoms with Crippen molar-refractivity contribution in [1.82, 2.24) is 10.3 Å². The summed E-state index contributed by atoms with van der Waals surface area (Å²) in [4.78, 5) is 14.6. The molecule has 0 aliphatic heterocycles. The van der Waals surface area contributed by atoms with E-state index in [4.69, 9.17) is 11.6 Å². The molecule has 2 rings (SSSR count). The molecule has 0 aliphatic rings. The van der Waals surface area contributed by atoms with Gasteiger partial charge in [-0.25, -0.2) is 4.98 Å². The van der Waals surface area contributed by atoms with Gasteiger partial charge in [-0.1, -0.05) is 18.5 Å². The van der Waals surface area contributed by atoms with Gasteiger partial charge in [0.15, 0.2) is 5.13 Å². The molecule has 2 N–H and O–H groups in total.